The number of hydrogen-bond acceptors (Lipinski definition) is 10. The van der Waals surface area contributed by atoms with Gasteiger partial charge >= 0.3 is 5.97 Å². The molecule has 10 nitrogen and oxygen atoms in total. The number of aliphatic hydroxyl groups excluding tert-OH is 4. The Morgan fingerprint density at radius 3 is 2.32 bits per heavy atom. The van der Waals surface area contributed by atoms with Gasteiger partial charge in [0.2, 0.25) is 5.76 Å². The van der Waals surface area contributed by atoms with Gasteiger partial charge in [0.1, 0.15) is 18.8 Å². The minimum atomic E-state index is -1.11. The zero-order valence-electron chi connectivity index (χ0n) is 35.4. The number of benzene rings is 1. The van der Waals surface area contributed by atoms with Crippen LogP contribution in [-0.2, 0) is 30.4 Å². The van der Waals surface area contributed by atoms with Crippen LogP contribution in [0.3, 0.4) is 0 Å². The van der Waals surface area contributed by atoms with Gasteiger partial charge < -0.3 is 39.5 Å². The van der Waals surface area contributed by atoms with E-state index in [0.29, 0.717) is 24.1 Å². The molecule has 2 rings (SSSR count). The van der Waals surface area contributed by atoms with Crippen LogP contribution in [0.15, 0.2) is 107 Å². The zero-order valence-corrected chi connectivity index (χ0v) is 35.4. The summed E-state index contributed by atoms with van der Waals surface area (Å²) in [7, 11) is 2.90. The topological polar surface area (TPSA) is 147 Å². The van der Waals surface area contributed by atoms with Crippen molar-refractivity contribution < 1.29 is 44.3 Å². The Balaban J connectivity index is 2.61. The van der Waals surface area contributed by atoms with Crippen molar-refractivity contribution in [2.45, 2.75) is 118 Å². The monoisotopic (exact) mass is 779 g/mol. The van der Waals surface area contributed by atoms with Gasteiger partial charge in [0.25, 0.3) is 0 Å². The van der Waals surface area contributed by atoms with Crippen LogP contribution in [0.2, 0.25) is 0 Å². The second kappa shape index (κ2) is 24.8. The Morgan fingerprint density at radius 1 is 1.04 bits per heavy atom. The van der Waals surface area contributed by atoms with Crippen LogP contribution in [0.1, 0.15) is 80.7 Å². The van der Waals surface area contributed by atoms with E-state index in [1.807, 2.05) is 103 Å². The number of allylic oxidation sites excluding steroid dienone is 7. The van der Waals surface area contributed by atoms with Gasteiger partial charge in [-0.25, -0.2) is 4.79 Å². The minimum absolute atomic E-state index is 0.0651. The fourth-order valence-corrected chi connectivity index (χ4v) is 7.05. The molecule has 312 valence electrons. The lowest BCUT2D eigenvalue weighted by molar-refractivity contribution is -0.161. The first-order chi connectivity index (χ1) is 26.6. The Kier molecular flexibility index (Phi) is 21.4. The maximum absolute atomic E-state index is 13.9. The van der Waals surface area contributed by atoms with Crippen molar-refractivity contribution in [1.29, 1.82) is 0 Å². The molecule has 0 aromatic heterocycles. The summed E-state index contributed by atoms with van der Waals surface area (Å²) in [4.78, 5) is 19.6. The number of esters is 1. The molecule has 0 amide bonds. The predicted molar refractivity (Wildman–Crippen MR) is 223 cm³/mol. The van der Waals surface area contributed by atoms with Crippen LogP contribution in [0, 0.1) is 35.5 Å². The van der Waals surface area contributed by atoms with Crippen molar-refractivity contribution in [2.24, 2.45) is 40.7 Å². The van der Waals surface area contributed by atoms with Crippen molar-refractivity contribution in [3.8, 4) is 0 Å². The molecule has 0 bridgehead atoms. The summed E-state index contributed by atoms with van der Waals surface area (Å²) in [6, 6.07) is 9.61. The van der Waals surface area contributed by atoms with Crippen LogP contribution in [-0.4, -0.2) is 83.0 Å². The summed E-state index contributed by atoms with van der Waals surface area (Å²) in [5, 5.41) is 49.7. The molecule has 1 aromatic rings. The standard InChI is InChI=1S/C46H69NO9/c1-12-18-39(48)31(5)23-24-38(47-55-28-36-20-15-14-16-21-36)34(8)44(51)35(9)45-40(53-10)22-17-19-29(3)25-32(6)42(49)37(13-2)43(50)33(7)26-30(4)27-41(54-11)46(52)56-45/h12,14-24,26-27,31-35,37,39-40,42-45,48-51H,13,25,28H2,1-11H3/b18-12+,22-17-,24-23+,29-19-,30-26-,41-27+,47-38+. The molecule has 12 atom stereocenters. The fraction of sp³-hybridized carbons (Fsp3) is 0.565. The van der Waals surface area contributed by atoms with E-state index in [4.69, 9.17) is 19.0 Å². The van der Waals surface area contributed by atoms with E-state index in [-0.39, 0.29) is 36.0 Å². The number of rotatable bonds is 14. The van der Waals surface area contributed by atoms with Crippen molar-refractivity contribution in [3.63, 3.8) is 0 Å². The third kappa shape index (κ3) is 14.9. The minimum Gasteiger partial charge on any atom is -0.490 e. The Bertz CT molecular complexity index is 1540. The fourth-order valence-electron chi connectivity index (χ4n) is 7.05. The molecule has 0 saturated heterocycles. The maximum atomic E-state index is 13.9. The van der Waals surface area contributed by atoms with Gasteiger partial charge in [0.15, 0.2) is 0 Å². The third-order valence-corrected chi connectivity index (χ3v) is 10.7. The molecule has 0 fully saturated rings. The number of cyclic esters (lactones) is 1. The van der Waals surface area contributed by atoms with Crippen LogP contribution >= 0.6 is 0 Å². The molecule has 0 saturated carbocycles. The summed E-state index contributed by atoms with van der Waals surface area (Å²) in [6.45, 7) is 17.2. The normalized spacial score (nSPS) is 31.3. The molecular formula is C46H69NO9. The third-order valence-electron chi connectivity index (χ3n) is 10.7. The molecule has 1 heterocycles. The molecule has 12 unspecified atom stereocenters. The van der Waals surface area contributed by atoms with Gasteiger partial charge in [-0.3, -0.25) is 0 Å². The number of ether oxygens (including phenoxy) is 3. The summed E-state index contributed by atoms with van der Waals surface area (Å²) >= 11 is 0. The molecule has 0 aliphatic carbocycles. The van der Waals surface area contributed by atoms with Crippen LogP contribution in [0.5, 0.6) is 0 Å². The molecule has 1 aromatic carbocycles. The van der Waals surface area contributed by atoms with Crippen molar-refractivity contribution in [1.82, 2.24) is 0 Å². The number of oxime groups is 1. The van der Waals surface area contributed by atoms with Gasteiger partial charge in [0, 0.05) is 36.7 Å². The Hall–Kier alpha value is -3.80. The quantitative estimate of drug-likeness (QED) is 0.0647. The van der Waals surface area contributed by atoms with Gasteiger partial charge in [-0.15, -0.1) is 0 Å². The number of aliphatic hydroxyl groups is 4. The van der Waals surface area contributed by atoms with Crippen LogP contribution < -0.4 is 0 Å². The average molecular weight is 780 g/mol. The second-order valence-electron chi connectivity index (χ2n) is 15.3. The molecular weight excluding hydrogens is 711 g/mol. The molecule has 0 spiro atoms. The molecule has 56 heavy (non-hydrogen) atoms. The molecule has 1 aliphatic rings. The summed E-state index contributed by atoms with van der Waals surface area (Å²) in [5.41, 5.74) is 3.04. The van der Waals surface area contributed by atoms with Crippen LogP contribution in [0.4, 0.5) is 0 Å². The summed E-state index contributed by atoms with van der Waals surface area (Å²) < 4.78 is 17.6. The van der Waals surface area contributed by atoms with Crippen molar-refractivity contribution >= 4 is 11.7 Å². The molecule has 4 N–H and O–H groups in total. The highest BCUT2D eigenvalue weighted by atomic mass is 16.6. The Morgan fingerprint density at radius 2 is 1.71 bits per heavy atom. The highest BCUT2D eigenvalue weighted by Gasteiger charge is 2.38. The van der Waals surface area contributed by atoms with E-state index >= 15 is 0 Å². The highest BCUT2D eigenvalue weighted by Crippen LogP contribution is 2.30. The maximum Gasteiger partial charge on any atom is 0.373 e. The highest BCUT2D eigenvalue weighted by molar-refractivity contribution is 5.96. The van der Waals surface area contributed by atoms with Crippen LogP contribution in [0.25, 0.3) is 0 Å². The van der Waals surface area contributed by atoms with Crippen molar-refractivity contribution in [3.05, 3.63) is 107 Å². The van der Waals surface area contributed by atoms with Crippen molar-refractivity contribution in [2.75, 3.05) is 14.2 Å². The SMILES string of the molecule is C/C=C/C(O)C(C)/C=C/C(=N\OCc1ccccc1)C(C)C(O)C(C)C1OC(=O)/C(OC)=C\C(C)=C/C(C)C(O)C(CC)C(O)C(C)C/C(C)=C\C=C/C1OC. The van der Waals surface area contributed by atoms with E-state index < -0.39 is 54.4 Å². The molecule has 10 heteroatoms. The average Bonchev–Trinajstić information content (AvgIpc) is 3.18. The van der Waals surface area contributed by atoms with E-state index in [2.05, 4.69) is 5.16 Å². The molecule has 0 radical (unpaired) electrons. The number of carbonyl (C=O) groups excluding carboxylic acids is 1. The lowest BCUT2D eigenvalue weighted by Crippen LogP contribution is -2.45. The smallest absolute Gasteiger partial charge is 0.373 e. The summed E-state index contributed by atoms with van der Waals surface area (Å²) in [5.74, 6) is -3.19. The van der Waals surface area contributed by atoms with E-state index in [9.17, 15) is 25.2 Å². The first-order valence-corrected chi connectivity index (χ1v) is 19.9. The number of hydrogen-bond donors (Lipinski definition) is 4. The van der Waals surface area contributed by atoms with Gasteiger partial charge in [-0.2, -0.15) is 0 Å². The molecule has 1 aliphatic heterocycles. The van der Waals surface area contributed by atoms with E-state index in [0.717, 1.165) is 11.1 Å². The first kappa shape index (κ1) is 48.3. The zero-order chi connectivity index (χ0) is 41.9. The van der Waals surface area contributed by atoms with E-state index in [1.54, 1.807) is 44.2 Å². The Labute approximate surface area is 336 Å². The number of methoxy groups -OCH3 is 2. The largest absolute Gasteiger partial charge is 0.490 e. The second-order valence-corrected chi connectivity index (χ2v) is 15.3. The van der Waals surface area contributed by atoms with E-state index in [1.165, 1.54) is 14.2 Å². The predicted octanol–water partition coefficient (Wildman–Crippen LogP) is 7.65. The van der Waals surface area contributed by atoms with Gasteiger partial charge in [-0.05, 0) is 57.2 Å². The van der Waals surface area contributed by atoms with Gasteiger partial charge in [0.05, 0.1) is 37.2 Å². The number of carbonyl (C=O) groups is 1. The number of nitrogens with zero attached hydrogens (tertiary/aromatic N) is 1. The van der Waals surface area contributed by atoms with Gasteiger partial charge in [-0.1, -0.05) is 131 Å². The lowest BCUT2D eigenvalue weighted by atomic mass is 9.79. The first-order valence-electron chi connectivity index (χ1n) is 19.9. The lowest BCUT2D eigenvalue weighted by Gasteiger charge is -2.34. The summed E-state index contributed by atoms with van der Waals surface area (Å²) in [6.07, 6.45) is 12.1.